The van der Waals surface area contributed by atoms with Crippen LogP contribution in [0.15, 0.2) is 48.5 Å². The average Bonchev–Trinajstić information content (AvgIpc) is 2.37. The Labute approximate surface area is 139 Å². The highest BCUT2D eigenvalue weighted by atomic mass is 127. The summed E-state index contributed by atoms with van der Waals surface area (Å²) in [5.74, 6) is -0.259. The molecule has 21 heavy (non-hydrogen) atoms. The summed E-state index contributed by atoms with van der Waals surface area (Å²) in [6.07, 6.45) is 0.728. The highest BCUT2D eigenvalue weighted by Crippen LogP contribution is 2.21. The molecule has 0 saturated carbocycles. The summed E-state index contributed by atoms with van der Waals surface area (Å²) in [5.41, 5.74) is 2.35. The molecule has 0 unspecified atom stereocenters. The Kier molecular flexibility index (Phi) is 5.04. The lowest BCUT2D eigenvalue weighted by Gasteiger charge is -2.20. The molecule has 0 fully saturated rings. The molecule has 0 aromatic heterocycles. The second kappa shape index (κ2) is 6.60. The maximum atomic E-state index is 12.4. The molecular weight excluding hydrogens is 375 g/mol. The molecule has 0 bridgehead atoms. The van der Waals surface area contributed by atoms with Crippen LogP contribution in [0.1, 0.15) is 42.3 Å². The Hall–Kier alpha value is -1.36. The summed E-state index contributed by atoms with van der Waals surface area (Å²) in [7, 11) is 0. The van der Waals surface area contributed by atoms with Crippen molar-refractivity contribution in [2.45, 2.75) is 32.8 Å². The first-order chi connectivity index (χ1) is 9.85. The molecule has 0 heterocycles. The monoisotopic (exact) mass is 394 g/mol. The Balaban J connectivity index is 2.32. The topological polar surface area (TPSA) is 26.3 Å². The zero-order valence-corrected chi connectivity index (χ0v) is 14.7. The highest BCUT2D eigenvalue weighted by molar-refractivity contribution is 14.1. The van der Waals surface area contributed by atoms with E-state index in [0.717, 1.165) is 15.6 Å². The second-order valence-corrected chi connectivity index (χ2v) is 7.21. The van der Waals surface area contributed by atoms with Crippen molar-refractivity contribution < 1.29 is 9.53 Å². The van der Waals surface area contributed by atoms with Crippen molar-refractivity contribution in [2.75, 3.05) is 0 Å². The molecule has 2 nitrogen and oxygen atoms in total. The quantitative estimate of drug-likeness (QED) is 0.550. The molecule has 0 radical (unpaired) electrons. The summed E-state index contributed by atoms with van der Waals surface area (Å²) < 4.78 is 6.62. The van der Waals surface area contributed by atoms with E-state index in [1.165, 1.54) is 5.56 Å². The van der Waals surface area contributed by atoms with Gasteiger partial charge in [0, 0.05) is 3.57 Å². The van der Waals surface area contributed by atoms with E-state index in [-0.39, 0.29) is 5.97 Å². The molecule has 0 atom stereocenters. The number of hydrogen-bond acceptors (Lipinski definition) is 2. The standard InChI is InChI=1S/C18H19IO2/c1-18(2,3)21-17(20)16-10-9-15(19)12-14(16)11-13-7-5-4-6-8-13/h4-10,12H,11H2,1-3H3. The highest BCUT2D eigenvalue weighted by Gasteiger charge is 2.20. The maximum absolute atomic E-state index is 12.4. The number of hydrogen-bond donors (Lipinski definition) is 0. The van der Waals surface area contributed by atoms with Crippen molar-refractivity contribution >= 4 is 28.6 Å². The first-order valence-corrected chi connectivity index (χ1v) is 7.99. The van der Waals surface area contributed by atoms with Crippen molar-refractivity contribution in [3.63, 3.8) is 0 Å². The Morgan fingerprint density at radius 3 is 2.38 bits per heavy atom. The van der Waals surface area contributed by atoms with Gasteiger partial charge in [0.05, 0.1) is 5.56 Å². The first kappa shape index (κ1) is 16.0. The summed E-state index contributed by atoms with van der Waals surface area (Å²) >= 11 is 2.26. The Morgan fingerprint density at radius 1 is 1.10 bits per heavy atom. The molecule has 110 valence electrons. The lowest BCUT2D eigenvalue weighted by molar-refractivity contribution is 0.00685. The molecule has 0 aliphatic heterocycles. The van der Waals surface area contributed by atoms with Crippen LogP contribution in [0.4, 0.5) is 0 Å². The van der Waals surface area contributed by atoms with Gasteiger partial charge in [0.15, 0.2) is 0 Å². The largest absolute Gasteiger partial charge is 0.456 e. The van der Waals surface area contributed by atoms with Gasteiger partial charge in [0.25, 0.3) is 0 Å². The third kappa shape index (κ3) is 4.84. The van der Waals surface area contributed by atoms with Crippen molar-refractivity contribution in [2.24, 2.45) is 0 Å². The zero-order chi connectivity index (χ0) is 15.5. The summed E-state index contributed by atoms with van der Waals surface area (Å²) in [6.45, 7) is 5.65. The van der Waals surface area contributed by atoms with Gasteiger partial charge >= 0.3 is 5.97 Å². The molecule has 0 spiro atoms. The third-order valence-corrected chi connectivity index (χ3v) is 3.59. The van der Waals surface area contributed by atoms with Gasteiger partial charge in [-0.2, -0.15) is 0 Å². The van der Waals surface area contributed by atoms with Crippen LogP contribution in [0.25, 0.3) is 0 Å². The van der Waals surface area contributed by atoms with E-state index in [9.17, 15) is 4.79 Å². The van der Waals surface area contributed by atoms with Gasteiger partial charge in [-0.1, -0.05) is 30.3 Å². The molecular formula is C18H19IO2. The molecule has 0 saturated heterocycles. The van der Waals surface area contributed by atoms with Gasteiger partial charge in [0.1, 0.15) is 5.60 Å². The number of halogens is 1. The van der Waals surface area contributed by atoms with Crippen LogP contribution in [-0.4, -0.2) is 11.6 Å². The van der Waals surface area contributed by atoms with Crippen LogP contribution >= 0.6 is 22.6 Å². The van der Waals surface area contributed by atoms with Gasteiger partial charge in [-0.25, -0.2) is 4.79 Å². The average molecular weight is 394 g/mol. The molecule has 2 rings (SSSR count). The number of rotatable bonds is 3. The van der Waals surface area contributed by atoms with Crippen LogP contribution in [-0.2, 0) is 11.2 Å². The Bertz CT molecular complexity index is 627. The smallest absolute Gasteiger partial charge is 0.338 e. The maximum Gasteiger partial charge on any atom is 0.338 e. The minimum Gasteiger partial charge on any atom is -0.456 e. The molecule has 3 heteroatoms. The molecule has 0 aliphatic carbocycles. The third-order valence-electron chi connectivity index (χ3n) is 2.92. The van der Waals surface area contributed by atoms with Crippen molar-refractivity contribution in [3.8, 4) is 0 Å². The van der Waals surface area contributed by atoms with Gasteiger partial charge in [-0.15, -0.1) is 0 Å². The van der Waals surface area contributed by atoms with E-state index in [4.69, 9.17) is 4.74 Å². The van der Waals surface area contributed by atoms with Crippen molar-refractivity contribution in [1.29, 1.82) is 0 Å². The van der Waals surface area contributed by atoms with E-state index in [2.05, 4.69) is 34.7 Å². The lowest BCUT2D eigenvalue weighted by Crippen LogP contribution is -2.24. The molecule has 2 aromatic rings. The number of ether oxygens (including phenoxy) is 1. The fraction of sp³-hybridized carbons (Fsp3) is 0.278. The fourth-order valence-electron chi connectivity index (χ4n) is 2.06. The summed E-state index contributed by atoms with van der Waals surface area (Å²) in [5, 5.41) is 0. The summed E-state index contributed by atoms with van der Waals surface area (Å²) in [4.78, 5) is 12.4. The minimum atomic E-state index is -0.482. The zero-order valence-electron chi connectivity index (χ0n) is 12.5. The Morgan fingerprint density at radius 2 is 1.76 bits per heavy atom. The van der Waals surface area contributed by atoms with E-state index in [1.54, 1.807) is 0 Å². The van der Waals surface area contributed by atoms with Gasteiger partial charge in [-0.05, 0) is 79.1 Å². The van der Waals surface area contributed by atoms with Gasteiger partial charge < -0.3 is 4.74 Å². The molecule has 0 amide bonds. The number of esters is 1. The fourth-order valence-corrected chi connectivity index (χ4v) is 2.61. The number of carbonyl (C=O) groups excluding carboxylic acids is 1. The molecule has 0 aliphatic rings. The van der Waals surface area contributed by atoms with Crippen LogP contribution in [0.2, 0.25) is 0 Å². The second-order valence-electron chi connectivity index (χ2n) is 5.97. The van der Waals surface area contributed by atoms with E-state index in [0.29, 0.717) is 5.56 Å². The minimum absolute atomic E-state index is 0.259. The number of carbonyl (C=O) groups is 1. The predicted molar refractivity (Wildman–Crippen MR) is 93.6 cm³/mol. The van der Waals surface area contributed by atoms with Crippen LogP contribution < -0.4 is 0 Å². The predicted octanol–water partition coefficient (Wildman–Crippen LogP) is 4.84. The van der Waals surface area contributed by atoms with Crippen LogP contribution in [0.5, 0.6) is 0 Å². The van der Waals surface area contributed by atoms with Crippen molar-refractivity contribution in [3.05, 3.63) is 68.8 Å². The molecule has 0 N–H and O–H groups in total. The van der Waals surface area contributed by atoms with E-state index >= 15 is 0 Å². The van der Waals surface area contributed by atoms with Gasteiger partial charge in [-0.3, -0.25) is 0 Å². The normalized spacial score (nSPS) is 11.2. The van der Waals surface area contributed by atoms with Gasteiger partial charge in [0.2, 0.25) is 0 Å². The molecule has 2 aromatic carbocycles. The summed E-state index contributed by atoms with van der Waals surface area (Å²) in [6, 6.07) is 16.0. The van der Waals surface area contributed by atoms with E-state index in [1.807, 2.05) is 57.2 Å². The first-order valence-electron chi connectivity index (χ1n) is 6.91. The van der Waals surface area contributed by atoms with E-state index < -0.39 is 5.60 Å². The van der Waals surface area contributed by atoms with Crippen molar-refractivity contribution in [1.82, 2.24) is 0 Å². The lowest BCUT2D eigenvalue weighted by atomic mass is 9.99. The van der Waals surface area contributed by atoms with Crippen LogP contribution in [0, 0.1) is 3.57 Å². The van der Waals surface area contributed by atoms with Crippen LogP contribution in [0.3, 0.4) is 0 Å². The number of benzene rings is 2. The SMILES string of the molecule is CC(C)(C)OC(=O)c1ccc(I)cc1Cc1ccccc1.